The molecule has 0 atom stereocenters. The van der Waals surface area contributed by atoms with Crippen LogP contribution in [0.5, 0.6) is 0 Å². The van der Waals surface area contributed by atoms with E-state index in [-0.39, 0.29) is 5.78 Å². The van der Waals surface area contributed by atoms with E-state index < -0.39 is 5.91 Å². The highest BCUT2D eigenvalue weighted by molar-refractivity contribution is 5.89. The Labute approximate surface area is 129 Å². The van der Waals surface area contributed by atoms with Gasteiger partial charge in [-0.2, -0.15) is 0 Å². The average molecular weight is 291 g/mol. The van der Waals surface area contributed by atoms with Gasteiger partial charge in [0, 0.05) is 12.5 Å². The first kappa shape index (κ1) is 19.4. The van der Waals surface area contributed by atoms with Crippen LogP contribution in [-0.2, 0) is 9.59 Å². The first-order valence-electron chi connectivity index (χ1n) is 8.00. The van der Waals surface area contributed by atoms with Gasteiger partial charge in [-0.1, -0.05) is 76.2 Å². The SMILES string of the molecule is CCCCCCCCCCC(=O)C=CC=CC=CC(N)=O. The average Bonchev–Trinajstić information content (AvgIpc) is 2.45. The number of hydrogen-bond acceptors (Lipinski definition) is 2. The van der Waals surface area contributed by atoms with Crippen LogP contribution in [0.3, 0.4) is 0 Å². The minimum absolute atomic E-state index is 0.157. The predicted octanol–water partition coefficient (Wildman–Crippen LogP) is 4.24. The van der Waals surface area contributed by atoms with Gasteiger partial charge in [-0.25, -0.2) is 0 Å². The number of amides is 1. The van der Waals surface area contributed by atoms with E-state index in [9.17, 15) is 9.59 Å². The first-order chi connectivity index (χ1) is 10.2. The summed E-state index contributed by atoms with van der Waals surface area (Å²) >= 11 is 0. The quantitative estimate of drug-likeness (QED) is 0.313. The molecule has 0 unspecified atom stereocenters. The molecule has 0 saturated heterocycles. The maximum absolute atomic E-state index is 11.5. The first-order valence-corrected chi connectivity index (χ1v) is 8.00. The summed E-state index contributed by atoms with van der Waals surface area (Å²) in [6, 6.07) is 0. The number of ketones is 1. The van der Waals surface area contributed by atoms with Crippen LogP contribution in [0, 0.1) is 0 Å². The molecule has 0 saturated carbocycles. The van der Waals surface area contributed by atoms with Crippen molar-refractivity contribution in [1.82, 2.24) is 0 Å². The van der Waals surface area contributed by atoms with E-state index >= 15 is 0 Å². The Morgan fingerprint density at radius 3 is 1.86 bits per heavy atom. The van der Waals surface area contributed by atoms with Gasteiger partial charge in [0.1, 0.15) is 0 Å². The molecule has 0 aliphatic rings. The molecular formula is C18H29NO2. The van der Waals surface area contributed by atoms with Gasteiger partial charge in [0.25, 0.3) is 0 Å². The molecule has 0 rings (SSSR count). The van der Waals surface area contributed by atoms with E-state index in [2.05, 4.69) is 6.92 Å². The van der Waals surface area contributed by atoms with Crippen LogP contribution < -0.4 is 5.73 Å². The number of carbonyl (C=O) groups is 2. The lowest BCUT2D eigenvalue weighted by Gasteiger charge is -2.00. The zero-order chi connectivity index (χ0) is 15.8. The molecule has 0 aromatic carbocycles. The molecule has 0 fully saturated rings. The normalized spacial score (nSPS) is 11.9. The van der Waals surface area contributed by atoms with E-state index in [0.29, 0.717) is 6.42 Å². The van der Waals surface area contributed by atoms with Crippen LogP contribution in [0.2, 0.25) is 0 Å². The summed E-state index contributed by atoms with van der Waals surface area (Å²) < 4.78 is 0. The fourth-order valence-corrected chi connectivity index (χ4v) is 1.96. The highest BCUT2D eigenvalue weighted by atomic mass is 16.1. The van der Waals surface area contributed by atoms with Gasteiger partial charge < -0.3 is 5.73 Å². The molecule has 1 amide bonds. The monoisotopic (exact) mass is 291 g/mol. The Morgan fingerprint density at radius 2 is 1.29 bits per heavy atom. The molecule has 0 aromatic rings. The number of hydrogen-bond donors (Lipinski definition) is 1. The van der Waals surface area contributed by atoms with Gasteiger partial charge >= 0.3 is 0 Å². The molecule has 21 heavy (non-hydrogen) atoms. The van der Waals surface area contributed by atoms with Crippen molar-refractivity contribution in [1.29, 1.82) is 0 Å². The zero-order valence-corrected chi connectivity index (χ0v) is 13.2. The molecular weight excluding hydrogens is 262 g/mol. The van der Waals surface area contributed by atoms with Crippen molar-refractivity contribution < 1.29 is 9.59 Å². The Hall–Kier alpha value is -1.64. The number of rotatable bonds is 13. The van der Waals surface area contributed by atoms with Crippen LogP contribution in [0.1, 0.15) is 64.7 Å². The lowest BCUT2D eigenvalue weighted by atomic mass is 10.1. The zero-order valence-electron chi connectivity index (χ0n) is 13.2. The largest absolute Gasteiger partial charge is 0.366 e. The fourth-order valence-electron chi connectivity index (χ4n) is 1.96. The molecule has 0 aromatic heterocycles. The maximum atomic E-state index is 11.5. The van der Waals surface area contributed by atoms with Gasteiger partial charge in [0.05, 0.1) is 0 Å². The Balaban J connectivity index is 3.51. The Morgan fingerprint density at radius 1 is 0.762 bits per heavy atom. The molecule has 118 valence electrons. The minimum atomic E-state index is -0.477. The van der Waals surface area contributed by atoms with Gasteiger partial charge in [-0.05, 0) is 12.5 Å². The highest BCUT2D eigenvalue weighted by Gasteiger charge is 1.96. The smallest absolute Gasteiger partial charge is 0.241 e. The van der Waals surface area contributed by atoms with E-state index in [1.807, 2.05) is 0 Å². The highest BCUT2D eigenvalue weighted by Crippen LogP contribution is 2.09. The second-order valence-electron chi connectivity index (χ2n) is 5.20. The third kappa shape index (κ3) is 16.3. The molecule has 0 radical (unpaired) electrons. The number of allylic oxidation sites excluding steroid dienone is 5. The summed E-state index contributed by atoms with van der Waals surface area (Å²) in [4.78, 5) is 22.0. The third-order valence-electron chi connectivity index (χ3n) is 3.15. The lowest BCUT2D eigenvalue weighted by Crippen LogP contribution is -2.04. The van der Waals surface area contributed by atoms with Gasteiger partial charge in [-0.15, -0.1) is 0 Å². The molecule has 3 heteroatoms. The van der Waals surface area contributed by atoms with Crippen molar-refractivity contribution in [3.8, 4) is 0 Å². The van der Waals surface area contributed by atoms with Gasteiger partial charge in [0.15, 0.2) is 5.78 Å². The van der Waals surface area contributed by atoms with Crippen LogP contribution in [0.15, 0.2) is 36.5 Å². The third-order valence-corrected chi connectivity index (χ3v) is 3.15. The number of nitrogens with two attached hydrogens (primary N) is 1. The van der Waals surface area contributed by atoms with Crippen molar-refractivity contribution in [3.05, 3.63) is 36.5 Å². The second kappa shape index (κ2) is 14.8. The standard InChI is InChI=1S/C18H29NO2/c1-2-3-4-5-6-7-8-11-14-17(20)15-12-9-10-13-16-18(19)21/h9-10,12-13,15-16H,2-8,11,14H2,1H3,(H2,19,21). The minimum Gasteiger partial charge on any atom is -0.366 e. The molecule has 0 spiro atoms. The number of unbranched alkanes of at least 4 members (excludes halogenated alkanes) is 7. The maximum Gasteiger partial charge on any atom is 0.241 e. The summed E-state index contributed by atoms with van der Waals surface area (Å²) in [6.07, 6.45) is 20.0. The fraction of sp³-hybridized carbons (Fsp3) is 0.556. The van der Waals surface area contributed by atoms with Crippen molar-refractivity contribution in [2.24, 2.45) is 5.73 Å². The molecule has 0 aliphatic heterocycles. The molecule has 0 heterocycles. The Kier molecular flexibility index (Phi) is 13.6. The summed E-state index contributed by atoms with van der Waals surface area (Å²) in [5, 5.41) is 0. The van der Waals surface area contributed by atoms with Crippen molar-refractivity contribution >= 4 is 11.7 Å². The second-order valence-corrected chi connectivity index (χ2v) is 5.20. The van der Waals surface area contributed by atoms with Crippen LogP contribution in [0.25, 0.3) is 0 Å². The van der Waals surface area contributed by atoms with E-state index in [4.69, 9.17) is 5.73 Å². The van der Waals surface area contributed by atoms with Crippen molar-refractivity contribution in [2.75, 3.05) is 0 Å². The van der Waals surface area contributed by atoms with E-state index in [1.165, 1.54) is 44.6 Å². The summed E-state index contributed by atoms with van der Waals surface area (Å²) in [5.41, 5.74) is 4.94. The van der Waals surface area contributed by atoms with Crippen LogP contribution >= 0.6 is 0 Å². The van der Waals surface area contributed by atoms with E-state index in [1.54, 1.807) is 30.4 Å². The van der Waals surface area contributed by atoms with Crippen molar-refractivity contribution in [2.45, 2.75) is 64.7 Å². The van der Waals surface area contributed by atoms with Crippen LogP contribution in [0.4, 0.5) is 0 Å². The van der Waals surface area contributed by atoms with Gasteiger partial charge in [-0.3, -0.25) is 9.59 Å². The molecule has 3 nitrogen and oxygen atoms in total. The lowest BCUT2D eigenvalue weighted by molar-refractivity contribution is -0.115. The van der Waals surface area contributed by atoms with Crippen molar-refractivity contribution in [3.63, 3.8) is 0 Å². The van der Waals surface area contributed by atoms with Gasteiger partial charge in [0.2, 0.25) is 5.91 Å². The number of carbonyl (C=O) groups excluding carboxylic acids is 2. The Bertz CT molecular complexity index is 367. The molecule has 2 N–H and O–H groups in total. The summed E-state index contributed by atoms with van der Waals surface area (Å²) in [6.45, 7) is 2.22. The topological polar surface area (TPSA) is 60.2 Å². The predicted molar refractivity (Wildman–Crippen MR) is 88.8 cm³/mol. The van der Waals surface area contributed by atoms with Crippen LogP contribution in [-0.4, -0.2) is 11.7 Å². The molecule has 0 bridgehead atoms. The van der Waals surface area contributed by atoms with E-state index in [0.717, 1.165) is 12.8 Å². The number of primary amides is 1. The summed E-state index contributed by atoms with van der Waals surface area (Å²) in [7, 11) is 0. The molecule has 0 aliphatic carbocycles. The summed E-state index contributed by atoms with van der Waals surface area (Å²) in [5.74, 6) is -0.320.